The Balaban J connectivity index is 1.72. The fraction of sp³-hybridized carbons (Fsp3) is 0.750. The minimum Gasteiger partial charge on any atom is -0.488 e. The van der Waals surface area contributed by atoms with E-state index in [0.717, 1.165) is 37.9 Å². The van der Waals surface area contributed by atoms with Crippen molar-refractivity contribution in [1.82, 2.24) is 0 Å². The first-order valence-electron chi connectivity index (χ1n) is 12.9. The lowest BCUT2D eigenvalue weighted by molar-refractivity contribution is -0.151. The van der Waals surface area contributed by atoms with Crippen LogP contribution in [0.5, 0.6) is 5.75 Å². The summed E-state index contributed by atoms with van der Waals surface area (Å²) in [5, 5.41) is 0. The molecule has 0 amide bonds. The van der Waals surface area contributed by atoms with Gasteiger partial charge in [0, 0.05) is 12.3 Å². The van der Waals surface area contributed by atoms with Crippen LogP contribution in [0.15, 0.2) is 24.3 Å². The molecule has 1 aromatic rings. The highest BCUT2D eigenvalue weighted by molar-refractivity contribution is 5.69. The average Bonchev–Trinajstić information content (AvgIpc) is 2.72. The lowest BCUT2D eigenvalue weighted by atomic mass is 9.81. The average molecular weight is 431 g/mol. The molecule has 1 saturated carbocycles. The van der Waals surface area contributed by atoms with Gasteiger partial charge >= 0.3 is 5.97 Å². The Morgan fingerprint density at radius 3 is 2.06 bits per heavy atom. The van der Waals surface area contributed by atoms with E-state index in [0.29, 0.717) is 12.3 Å². The Kier molecular flexibility index (Phi) is 11.5. The molecule has 0 heterocycles. The number of benzene rings is 1. The molecule has 2 atom stereocenters. The zero-order valence-electron chi connectivity index (χ0n) is 20.6. The van der Waals surface area contributed by atoms with Crippen LogP contribution in [-0.2, 0) is 9.53 Å². The van der Waals surface area contributed by atoms with E-state index in [4.69, 9.17) is 9.47 Å². The predicted octanol–water partition coefficient (Wildman–Crippen LogP) is 8.35. The van der Waals surface area contributed by atoms with Crippen molar-refractivity contribution in [1.29, 1.82) is 0 Å². The maximum Gasteiger partial charge on any atom is 0.306 e. The van der Waals surface area contributed by atoms with Gasteiger partial charge in [-0.05, 0) is 64.2 Å². The third kappa shape index (κ3) is 10.6. The summed E-state index contributed by atoms with van der Waals surface area (Å²) in [6.45, 7) is 8.44. The minimum atomic E-state index is -0.195. The van der Waals surface area contributed by atoms with Crippen molar-refractivity contribution in [2.45, 2.75) is 135 Å². The van der Waals surface area contributed by atoms with Crippen molar-refractivity contribution in [3.05, 3.63) is 29.8 Å². The summed E-state index contributed by atoms with van der Waals surface area (Å²) in [7, 11) is 0. The first-order valence-corrected chi connectivity index (χ1v) is 12.9. The van der Waals surface area contributed by atoms with Crippen LogP contribution in [0.3, 0.4) is 0 Å². The monoisotopic (exact) mass is 430 g/mol. The maximum atomic E-state index is 12.5. The smallest absolute Gasteiger partial charge is 0.306 e. The van der Waals surface area contributed by atoms with Crippen LogP contribution in [-0.4, -0.2) is 17.7 Å². The molecule has 0 saturated heterocycles. The molecule has 3 nitrogen and oxygen atoms in total. The number of rotatable bonds is 13. The summed E-state index contributed by atoms with van der Waals surface area (Å²) in [5.74, 6) is 1.20. The third-order valence-corrected chi connectivity index (χ3v) is 6.20. The van der Waals surface area contributed by atoms with Gasteiger partial charge in [0.25, 0.3) is 0 Å². The summed E-state index contributed by atoms with van der Waals surface area (Å²) in [6.07, 6.45) is 16.4. The highest BCUT2D eigenvalue weighted by Crippen LogP contribution is 2.36. The van der Waals surface area contributed by atoms with E-state index in [-0.39, 0.29) is 17.7 Å². The minimum absolute atomic E-state index is 0.00691. The van der Waals surface area contributed by atoms with Gasteiger partial charge < -0.3 is 9.47 Å². The Labute approximate surface area is 191 Å². The number of carbonyl (C=O) groups excluding carboxylic acids is 1. The molecule has 0 bridgehead atoms. The van der Waals surface area contributed by atoms with E-state index >= 15 is 0 Å². The van der Waals surface area contributed by atoms with Gasteiger partial charge in [0.2, 0.25) is 0 Å². The highest BCUT2D eigenvalue weighted by Gasteiger charge is 2.29. The van der Waals surface area contributed by atoms with Crippen LogP contribution in [0.1, 0.15) is 129 Å². The van der Waals surface area contributed by atoms with Gasteiger partial charge in [-0.15, -0.1) is 0 Å². The van der Waals surface area contributed by atoms with E-state index in [1.54, 1.807) is 0 Å². The van der Waals surface area contributed by atoms with Gasteiger partial charge in [-0.1, -0.05) is 76.8 Å². The number of esters is 1. The third-order valence-electron chi connectivity index (χ3n) is 6.20. The second-order valence-electron chi connectivity index (χ2n) is 10.3. The van der Waals surface area contributed by atoms with Gasteiger partial charge in [0.15, 0.2) is 0 Å². The van der Waals surface area contributed by atoms with Crippen LogP contribution < -0.4 is 4.74 Å². The number of ether oxygens (including phenoxy) is 2. The molecule has 0 N–H and O–H groups in total. The van der Waals surface area contributed by atoms with Crippen molar-refractivity contribution in [3.63, 3.8) is 0 Å². The molecule has 2 rings (SSSR count). The molecule has 0 aliphatic heterocycles. The molecular weight excluding hydrogens is 384 g/mol. The lowest BCUT2D eigenvalue weighted by Crippen LogP contribution is -2.28. The zero-order valence-corrected chi connectivity index (χ0v) is 20.6. The van der Waals surface area contributed by atoms with E-state index in [9.17, 15) is 4.79 Å². The first kappa shape index (κ1) is 25.7. The van der Waals surface area contributed by atoms with Crippen LogP contribution in [0.25, 0.3) is 0 Å². The molecule has 0 spiro atoms. The molecule has 1 aromatic carbocycles. The highest BCUT2D eigenvalue weighted by atomic mass is 16.5. The van der Waals surface area contributed by atoms with Gasteiger partial charge in [-0.25, -0.2) is 0 Å². The molecule has 1 fully saturated rings. The van der Waals surface area contributed by atoms with Gasteiger partial charge in [0.05, 0.1) is 0 Å². The summed E-state index contributed by atoms with van der Waals surface area (Å²) in [6, 6.07) is 8.41. The quantitative estimate of drug-likeness (QED) is 0.233. The van der Waals surface area contributed by atoms with E-state index in [1.165, 1.54) is 56.9 Å². The molecule has 1 aliphatic rings. The van der Waals surface area contributed by atoms with Gasteiger partial charge in [0.1, 0.15) is 17.5 Å². The van der Waals surface area contributed by atoms with Crippen molar-refractivity contribution in [3.8, 4) is 5.75 Å². The Morgan fingerprint density at radius 1 is 0.871 bits per heavy atom. The van der Waals surface area contributed by atoms with Crippen molar-refractivity contribution >= 4 is 5.97 Å². The van der Waals surface area contributed by atoms with Gasteiger partial charge in [-0.2, -0.15) is 0 Å². The summed E-state index contributed by atoms with van der Waals surface area (Å²) in [4.78, 5) is 12.5. The second kappa shape index (κ2) is 13.8. The molecule has 0 aromatic heterocycles. The fourth-order valence-electron chi connectivity index (χ4n) is 4.56. The lowest BCUT2D eigenvalue weighted by Gasteiger charge is -2.32. The van der Waals surface area contributed by atoms with Crippen LogP contribution in [0.2, 0.25) is 0 Å². The predicted molar refractivity (Wildman–Crippen MR) is 130 cm³/mol. The number of carbonyl (C=O) groups is 1. The molecule has 0 unspecified atom stereocenters. The zero-order chi connectivity index (χ0) is 22.5. The normalized spacial score (nSPS) is 19.2. The molecule has 3 heteroatoms. The second-order valence-corrected chi connectivity index (χ2v) is 10.3. The SMILES string of the molecule is CCCCCCCCCCCC(=O)O[C@H]1CCCC[C@@H]1c1ccc(OC(C)(C)C)cc1. The number of unbranched alkanes of at least 4 members (excludes halogenated alkanes) is 8. The largest absolute Gasteiger partial charge is 0.488 e. The van der Waals surface area contributed by atoms with Crippen molar-refractivity contribution in [2.24, 2.45) is 0 Å². The molecular formula is C28H46O3. The van der Waals surface area contributed by atoms with Crippen LogP contribution >= 0.6 is 0 Å². The summed E-state index contributed by atoms with van der Waals surface area (Å²) < 4.78 is 11.9. The maximum absolute atomic E-state index is 12.5. The Morgan fingerprint density at radius 2 is 1.45 bits per heavy atom. The Bertz CT molecular complexity index is 614. The summed E-state index contributed by atoms with van der Waals surface area (Å²) >= 11 is 0. The van der Waals surface area contributed by atoms with Crippen LogP contribution in [0.4, 0.5) is 0 Å². The van der Waals surface area contributed by atoms with Crippen LogP contribution in [0, 0.1) is 0 Å². The number of hydrogen-bond acceptors (Lipinski definition) is 3. The summed E-state index contributed by atoms with van der Waals surface area (Å²) in [5.41, 5.74) is 1.07. The first-order chi connectivity index (χ1) is 14.9. The molecule has 0 radical (unpaired) electrons. The van der Waals surface area contributed by atoms with Gasteiger partial charge in [-0.3, -0.25) is 4.79 Å². The fourth-order valence-corrected chi connectivity index (χ4v) is 4.56. The molecule has 1 aliphatic carbocycles. The molecule has 31 heavy (non-hydrogen) atoms. The van der Waals surface area contributed by atoms with E-state index in [1.807, 2.05) is 0 Å². The molecule has 176 valence electrons. The van der Waals surface area contributed by atoms with Crippen molar-refractivity contribution < 1.29 is 14.3 Å². The van der Waals surface area contributed by atoms with Crippen molar-refractivity contribution in [2.75, 3.05) is 0 Å². The topological polar surface area (TPSA) is 35.5 Å². The van der Waals surface area contributed by atoms with E-state index in [2.05, 4.69) is 52.0 Å². The number of hydrogen-bond donors (Lipinski definition) is 0. The Hall–Kier alpha value is -1.51. The standard InChI is InChI=1S/C28H46O3/c1-5-6-7-8-9-10-11-12-13-18-27(29)30-26-17-15-14-16-25(26)23-19-21-24(22-20-23)31-28(2,3)4/h19-22,25-26H,5-18H2,1-4H3/t25-,26+/m1/s1. The van der Waals surface area contributed by atoms with E-state index < -0.39 is 0 Å².